The Bertz CT molecular complexity index is 1120. The van der Waals surface area contributed by atoms with Crippen molar-refractivity contribution in [1.82, 2.24) is 0 Å². The summed E-state index contributed by atoms with van der Waals surface area (Å²) in [5.74, 6) is 0.223. The zero-order valence-electron chi connectivity index (χ0n) is 17.2. The van der Waals surface area contributed by atoms with E-state index in [0.717, 1.165) is 38.6 Å². The van der Waals surface area contributed by atoms with Crippen LogP contribution < -0.4 is 10.1 Å². The average molecular weight is 422 g/mol. The molecule has 1 amide bonds. The monoisotopic (exact) mass is 421 g/mol. The highest BCUT2D eigenvalue weighted by atomic mass is 32.1. The zero-order valence-corrected chi connectivity index (χ0v) is 18.0. The van der Waals surface area contributed by atoms with Crippen molar-refractivity contribution >= 4 is 28.9 Å². The third-order valence-corrected chi connectivity index (χ3v) is 6.24. The molecule has 2 heterocycles. The van der Waals surface area contributed by atoms with Gasteiger partial charge in [-0.1, -0.05) is 44.2 Å². The summed E-state index contributed by atoms with van der Waals surface area (Å²) in [5.41, 5.74) is 4.75. The number of aryl methyl sites for hydroxylation is 1. The van der Waals surface area contributed by atoms with Crippen LogP contribution in [-0.4, -0.2) is 18.5 Å². The molecule has 2 aromatic carbocycles. The minimum atomic E-state index is -0.504. The van der Waals surface area contributed by atoms with Crippen LogP contribution >= 0.6 is 11.3 Å². The van der Waals surface area contributed by atoms with E-state index in [1.165, 1.54) is 11.3 Å². The molecule has 5 nitrogen and oxygen atoms in total. The highest BCUT2D eigenvalue weighted by Crippen LogP contribution is 2.42. The Kier molecular flexibility index (Phi) is 5.59. The number of carbonyl (C=O) groups is 2. The van der Waals surface area contributed by atoms with E-state index in [-0.39, 0.29) is 18.4 Å². The number of esters is 1. The lowest BCUT2D eigenvalue weighted by molar-refractivity contribution is -0.119. The molecule has 4 rings (SSSR count). The molecule has 1 aromatic heterocycles. The van der Waals surface area contributed by atoms with Crippen LogP contribution in [0.1, 0.15) is 46.1 Å². The number of thiophene rings is 1. The van der Waals surface area contributed by atoms with Gasteiger partial charge in [0.2, 0.25) is 0 Å². The van der Waals surface area contributed by atoms with E-state index in [9.17, 15) is 9.59 Å². The van der Waals surface area contributed by atoms with Gasteiger partial charge in [0.1, 0.15) is 17.2 Å². The lowest BCUT2D eigenvalue weighted by Gasteiger charge is -2.16. The van der Waals surface area contributed by atoms with Gasteiger partial charge < -0.3 is 14.8 Å². The molecule has 0 fully saturated rings. The van der Waals surface area contributed by atoms with Crippen molar-refractivity contribution in [3.8, 4) is 16.2 Å². The van der Waals surface area contributed by atoms with Crippen LogP contribution in [0.25, 0.3) is 10.4 Å². The SMILES string of the molecule is Cc1cccc(C(C)C)c1NC(=O)COC(=O)c1cc2c(s1)-c1ccccc1OC2. The molecule has 1 aliphatic rings. The maximum absolute atomic E-state index is 12.5. The van der Waals surface area contributed by atoms with Gasteiger partial charge >= 0.3 is 5.97 Å². The maximum Gasteiger partial charge on any atom is 0.348 e. The minimum Gasteiger partial charge on any atom is -0.488 e. The van der Waals surface area contributed by atoms with Crippen molar-refractivity contribution < 1.29 is 19.1 Å². The number of ether oxygens (including phenoxy) is 2. The van der Waals surface area contributed by atoms with Gasteiger partial charge in [-0.3, -0.25) is 4.79 Å². The number of anilines is 1. The summed E-state index contributed by atoms with van der Waals surface area (Å²) in [4.78, 5) is 26.4. The van der Waals surface area contributed by atoms with E-state index >= 15 is 0 Å². The Hall–Kier alpha value is -3.12. The van der Waals surface area contributed by atoms with E-state index in [0.29, 0.717) is 11.5 Å². The number of amides is 1. The number of carbonyl (C=O) groups excluding carboxylic acids is 2. The summed E-state index contributed by atoms with van der Waals surface area (Å²) in [6, 6.07) is 15.5. The molecule has 0 bridgehead atoms. The van der Waals surface area contributed by atoms with E-state index in [1.807, 2.05) is 49.4 Å². The summed E-state index contributed by atoms with van der Waals surface area (Å²) in [7, 11) is 0. The summed E-state index contributed by atoms with van der Waals surface area (Å²) in [5, 5.41) is 2.90. The van der Waals surface area contributed by atoms with E-state index in [4.69, 9.17) is 9.47 Å². The molecule has 0 aliphatic carbocycles. The third kappa shape index (κ3) is 3.96. The molecule has 1 aliphatic heterocycles. The van der Waals surface area contributed by atoms with Gasteiger partial charge in [0.15, 0.2) is 6.61 Å². The molecule has 1 N–H and O–H groups in total. The summed E-state index contributed by atoms with van der Waals surface area (Å²) >= 11 is 1.36. The van der Waals surface area contributed by atoms with E-state index < -0.39 is 5.97 Å². The fourth-order valence-electron chi connectivity index (χ4n) is 3.52. The van der Waals surface area contributed by atoms with Gasteiger partial charge in [-0.05, 0) is 42.2 Å². The van der Waals surface area contributed by atoms with Crippen molar-refractivity contribution in [1.29, 1.82) is 0 Å². The molecule has 0 unspecified atom stereocenters. The van der Waals surface area contributed by atoms with Crippen LogP contribution in [0.3, 0.4) is 0 Å². The van der Waals surface area contributed by atoms with Gasteiger partial charge in [-0.15, -0.1) is 11.3 Å². The largest absolute Gasteiger partial charge is 0.488 e. The van der Waals surface area contributed by atoms with Crippen LogP contribution in [0.4, 0.5) is 5.69 Å². The molecule has 0 atom stereocenters. The first-order chi connectivity index (χ1) is 14.4. The second-order valence-corrected chi connectivity index (χ2v) is 8.62. The normalized spacial score (nSPS) is 12.0. The Balaban J connectivity index is 1.43. The first kappa shape index (κ1) is 20.2. The molecule has 0 radical (unpaired) electrons. The highest BCUT2D eigenvalue weighted by molar-refractivity contribution is 7.17. The van der Waals surface area contributed by atoms with Gasteiger partial charge in [-0.25, -0.2) is 4.79 Å². The van der Waals surface area contributed by atoms with Crippen LogP contribution in [0, 0.1) is 6.92 Å². The van der Waals surface area contributed by atoms with Crippen LogP contribution in [-0.2, 0) is 16.1 Å². The first-order valence-electron chi connectivity index (χ1n) is 9.85. The van der Waals surface area contributed by atoms with Crippen molar-refractivity contribution in [2.45, 2.75) is 33.3 Å². The molecule has 30 heavy (non-hydrogen) atoms. The van der Waals surface area contributed by atoms with E-state index in [1.54, 1.807) is 6.07 Å². The van der Waals surface area contributed by atoms with E-state index in [2.05, 4.69) is 19.2 Å². The van der Waals surface area contributed by atoms with Crippen LogP contribution in [0.5, 0.6) is 5.75 Å². The van der Waals surface area contributed by atoms with Crippen molar-refractivity contribution in [3.05, 3.63) is 70.1 Å². The van der Waals surface area contributed by atoms with Crippen molar-refractivity contribution in [2.24, 2.45) is 0 Å². The van der Waals surface area contributed by atoms with Crippen molar-refractivity contribution in [3.63, 3.8) is 0 Å². The molecule has 6 heteroatoms. The van der Waals surface area contributed by atoms with Gasteiger partial charge in [0.25, 0.3) is 5.91 Å². The first-order valence-corrected chi connectivity index (χ1v) is 10.7. The number of hydrogen-bond acceptors (Lipinski definition) is 5. The van der Waals surface area contributed by atoms with Gasteiger partial charge in [-0.2, -0.15) is 0 Å². The Morgan fingerprint density at radius 1 is 1.17 bits per heavy atom. The Morgan fingerprint density at radius 2 is 1.97 bits per heavy atom. The highest BCUT2D eigenvalue weighted by Gasteiger charge is 2.23. The fourth-order valence-corrected chi connectivity index (χ4v) is 4.61. The zero-order chi connectivity index (χ0) is 21.3. The Morgan fingerprint density at radius 3 is 2.77 bits per heavy atom. The third-order valence-electron chi connectivity index (χ3n) is 5.05. The molecule has 3 aromatic rings. The van der Waals surface area contributed by atoms with Gasteiger partial charge in [0.05, 0.1) is 0 Å². The standard InChI is InChI=1S/C24H23NO4S/c1-14(2)17-9-6-7-15(3)22(17)25-21(26)13-29-24(27)20-11-16-12-28-19-10-5-4-8-18(19)23(16)30-20/h4-11,14H,12-13H2,1-3H3,(H,25,26). The van der Waals surface area contributed by atoms with Crippen LogP contribution in [0.15, 0.2) is 48.5 Å². The smallest absolute Gasteiger partial charge is 0.348 e. The molecule has 154 valence electrons. The molecule has 0 saturated heterocycles. The topological polar surface area (TPSA) is 64.6 Å². The second-order valence-electron chi connectivity index (χ2n) is 7.57. The number of fused-ring (bicyclic) bond motifs is 3. The molecular formula is C24H23NO4S. The van der Waals surface area contributed by atoms with Crippen LogP contribution in [0.2, 0.25) is 0 Å². The molecule has 0 saturated carbocycles. The van der Waals surface area contributed by atoms with Crippen molar-refractivity contribution in [2.75, 3.05) is 11.9 Å². The minimum absolute atomic E-state index is 0.269. The number of hydrogen-bond donors (Lipinski definition) is 1. The predicted octanol–water partition coefficient (Wildman–Crippen LogP) is 5.53. The maximum atomic E-state index is 12.5. The quantitative estimate of drug-likeness (QED) is 0.550. The number of rotatable bonds is 5. The average Bonchev–Trinajstić information content (AvgIpc) is 3.18. The fraction of sp³-hybridized carbons (Fsp3) is 0.250. The summed E-state index contributed by atoms with van der Waals surface area (Å²) < 4.78 is 11.0. The molecular weight excluding hydrogens is 398 g/mol. The Labute approximate surface area is 179 Å². The summed E-state index contributed by atoms with van der Waals surface area (Å²) in [6.45, 7) is 6.18. The lowest BCUT2D eigenvalue weighted by atomic mass is 9.98. The second kappa shape index (κ2) is 8.32. The lowest BCUT2D eigenvalue weighted by Crippen LogP contribution is -2.22. The molecule has 0 spiro atoms. The number of nitrogens with one attached hydrogen (secondary N) is 1. The predicted molar refractivity (Wildman–Crippen MR) is 118 cm³/mol. The summed E-state index contributed by atoms with van der Waals surface area (Å²) in [6.07, 6.45) is 0. The number of benzene rings is 2. The number of para-hydroxylation sites is 2. The van der Waals surface area contributed by atoms with Gasteiger partial charge in [0, 0.05) is 21.7 Å².